The van der Waals surface area contributed by atoms with Gasteiger partial charge in [-0.3, -0.25) is 9.59 Å². The second-order valence-electron chi connectivity index (χ2n) is 5.73. The van der Waals surface area contributed by atoms with E-state index in [0.717, 1.165) is 19.3 Å². The Morgan fingerprint density at radius 1 is 1.24 bits per heavy atom. The Labute approximate surface area is 125 Å². The smallest absolute Gasteiger partial charge is 0.303 e. The Balaban J connectivity index is 1.78. The minimum absolute atomic E-state index is 0.168. The summed E-state index contributed by atoms with van der Waals surface area (Å²) in [5, 5.41) is 8.55. The molecule has 0 saturated carbocycles. The van der Waals surface area contributed by atoms with Crippen molar-refractivity contribution in [2.45, 2.75) is 57.7 Å². The van der Waals surface area contributed by atoms with Gasteiger partial charge in [0, 0.05) is 38.0 Å². The van der Waals surface area contributed by atoms with Crippen LogP contribution in [-0.2, 0) is 19.1 Å². The first-order valence-corrected chi connectivity index (χ1v) is 7.54. The van der Waals surface area contributed by atoms with Crippen LogP contribution >= 0.6 is 0 Å². The van der Waals surface area contributed by atoms with Crippen molar-refractivity contribution in [3.8, 4) is 11.8 Å². The molecule has 2 saturated heterocycles. The number of ether oxygens (including phenoxy) is 2. The predicted molar refractivity (Wildman–Crippen MR) is 75.4 cm³/mol. The van der Waals surface area contributed by atoms with Crippen molar-refractivity contribution in [3.63, 3.8) is 0 Å². The zero-order valence-electron chi connectivity index (χ0n) is 12.3. The molecular weight excluding hydrogens is 272 g/mol. The molecule has 0 spiro atoms. The third-order valence-electron chi connectivity index (χ3n) is 4.22. The number of carboxylic acid groups (broad SMARTS) is 1. The number of carbonyl (C=O) groups is 2. The molecule has 21 heavy (non-hydrogen) atoms. The minimum Gasteiger partial charge on any atom is -0.481 e. The fourth-order valence-corrected chi connectivity index (χ4v) is 3.20. The maximum Gasteiger partial charge on any atom is 0.303 e. The van der Waals surface area contributed by atoms with Crippen molar-refractivity contribution in [3.05, 3.63) is 0 Å². The average molecular weight is 294 g/mol. The van der Waals surface area contributed by atoms with E-state index in [1.165, 1.54) is 6.92 Å². The Hall–Kier alpha value is -1.54. The minimum atomic E-state index is -0.778. The fourth-order valence-electron chi connectivity index (χ4n) is 3.20. The highest BCUT2D eigenvalue weighted by atomic mass is 16.5. The summed E-state index contributed by atoms with van der Waals surface area (Å²) in [6.07, 6.45) is 4.65. The lowest BCUT2D eigenvalue weighted by atomic mass is 9.78. The fraction of sp³-hybridized carbons (Fsp3) is 0.750. The summed E-state index contributed by atoms with van der Waals surface area (Å²) in [5.74, 6) is 5.72. The monoisotopic (exact) mass is 294 g/mol. The molecule has 0 aromatic heterocycles. The van der Waals surface area contributed by atoms with E-state index >= 15 is 0 Å². The largest absolute Gasteiger partial charge is 0.481 e. The highest BCUT2D eigenvalue weighted by molar-refractivity contribution is 5.66. The Morgan fingerprint density at radius 2 is 1.95 bits per heavy atom. The van der Waals surface area contributed by atoms with Crippen molar-refractivity contribution >= 4 is 11.9 Å². The van der Waals surface area contributed by atoms with E-state index in [9.17, 15) is 9.59 Å². The van der Waals surface area contributed by atoms with Crippen molar-refractivity contribution < 1.29 is 24.2 Å². The van der Waals surface area contributed by atoms with Crippen molar-refractivity contribution in [1.29, 1.82) is 0 Å². The van der Waals surface area contributed by atoms with Crippen LogP contribution in [0.15, 0.2) is 0 Å². The van der Waals surface area contributed by atoms with Gasteiger partial charge in [-0.2, -0.15) is 0 Å². The van der Waals surface area contributed by atoms with Crippen LogP contribution in [0.1, 0.15) is 45.4 Å². The Morgan fingerprint density at radius 3 is 2.62 bits per heavy atom. The lowest BCUT2D eigenvalue weighted by Gasteiger charge is -2.25. The van der Waals surface area contributed by atoms with E-state index in [4.69, 9.17) is 14.6 Å². The predicted octanol–water partition coefficient (Wildman–Crippen LogP) is 1.99. The molecule has 5 nitrogen and oxygen atoms in total. The van der Waals surface area contributed by atoms with Gasteiger partial charge >= 0.3 is 11.9 Å². The number of unbranched alkanes of at least 4 members (excludes halogenated alkanes) is 1. The summed E-state index contributed by atoms with van der Waals surface area (Å²) in [6.45, 7) is 1.84. The van der Waals surface area contributed by atoms with Gasteiger partial charge in [0.25, 0.3) is 0 Å². The van der Waals surface area contributed by atoms with E-state index in [0.29, 0.717) is 25.4 Å². The molecule has 1 N–H and O–H groups in total. The van der Waals surface area contributed by atoms with E-state index in [1.54, 1.807) is 0 Å². The van der Waals surface area contributed by atoms with Gasteiger partial charge in [0.15, 0.2) is 0 Å². The molecular formula is C16H22O5. The average Bonchev–Trinajstić information content (AvgIpc) is 3.01. The Bertz CT molecular complexity index is 447. The highest BCUT2D eigenvalue weighted by Gasteiger charge is 2.48. The molecule has 0 radical (unpaired) electrons. The normalized spacial score (nSPS) is 29.8. The van der Waals surface area contributed by atoms with Gasteiger partial charge in [-0.1, -0.05) is 0 Å². The molecule has 5 heteroatoms. The number of aliphatic carboxylic acids is 1. The number of hydrogen-bond donors (Lipinski definition) is 1. The van der Waals surface area contributed by atoms with Gasteiger partial charge in [-0.15, -0.1) is 11.8 Å². The van der Waals surface area contributed by atoms with Crippen LogP contribution in [0.4, 0.5) is 0 Å². The van der Waals surface area contributed by atoms with Crippen LogP contribution in [0.5, 0.6) is 0 Å². The van der Waals surface area contributed by atoms with Crippen LogP contribution in [0.3, 0.4) is 0 Å². The molecule has 116 valence electrons. The number of hydrogen-bond acceptors (Lipinski definition) is 4. The number of rotatable bonds is 6. The summed E-state index contributed by atoms with van der Waals surface area (Å²) in [4.78, 5) is 21.4. The maximum atomic E-state index is 11.0. The lowest BCUT2D eigenvalue weighted by Crippen LogP contribution is -2.31. The lowest BCUT2D eigenvalue weighted by molar-refractivity contribution is -0.143. The van der Waals surface area contributed by atoms with E-state index in [1.807, 2.05) is 0 Å². The molecule has 2 rings (SSSR count). The van der Waals surface area contributed by atoms with Crippen LogP contribution in [-0.4, -0.2) is 35.9 Å². The SMILES string of the molecule is CC(=O)OC[C@H]1[C@@H](CC#CCCCC(=O)O)[C@H]2CC[C@@H]1O2. The molecule has 2 aliphatic heterocycles. The third-order valence-corrected chi connectivity index (χ3v) is 4.22. The van der Waals surface area contributed by atoms with Crippen LogP contribution in [0.25, 0.3) is 0 Å². The number of esters is 1. The zero-order chi connectivity index (χ0) is 15.2. The van der Waals surface area contributed by atoms with Gasteiger partial charge in [0.1, 0.15) is 0 Å². The topological polar surface area (TPSA) is 72.8 Å². The first-order valence-electron chi connectivity index (χ1n) is 7.54. The second kappa shape index (κ2) is 7.46. The molecule has 0 unspecified atom stereocenters. The Kier molecular flexibility index (Phi) is 5.63. The molecule has 4 atom stereocenters. The van der Waals surface area contributed by atoms with Gasteiger partial charge < -0.3 is 14.6 Å². The molecule has 2 bridgehead atoms. The van der Waals surface area contributed by atoms with E-state index in [-0.39, 0.29) is 30.5 Å². The second-order valence-corrected chi connectivity index (χ2v) is 5.73. The van der Waals surface area contributed by atoms with Crippen LogP contribution in [0, 0.1) is 23.7 Å². The standard InChI is InChI=1S/C16H22O5/c1-11(17)20-10-13-12(14-8-9-15(13)21-14)6-4-2-3-5-7-16(18)19/h12-15H,3,5-10H2,1H3,(H,18,19)/t12-,13+,14-,15+/m1/s1. The van der Waals surface area contributed by atoms with Gasteiger partial charge in [0.05, 0.1) is 18.8 Å². The number of carbonyl (C=O) groups excluding carboxylic acids is 1. The summed E-state index contributed by atoms with van der Waals surface area (Å²) in [5.41, 5.74) is 0. The van der Waals surface area contributed by atoms with Gasteiger partial charge in [-0.05, 0) is 19.3 Å². The number of fused-ring (bicyclic) bond motifs is 2. The summed E-state index contributed by atoms with van der Waals surface area (Å²) in [7, 11) is 0. The molecule has 0 aromatic rings. The first-order chi connectivity index (χ1) is 10.1. The molecule has 0 amide bonds. The molecule has 2 aliphatic rings. The third kappa shape index (κ3) is 4.47. The first kappa shape index (κ1) is 15.8. The van der Waals surface area contributed by atoms with Crippen molar-refractivity contribution in [1.82, 2.24) is 0 Å². The van der Waals surface area contributed by atoms with Crippen molar-refractivity contribution in [2.75, 3.05) is 6.61 Å². The quantitative estimate of drug-likeness (QED) is 0.461. The molecule has 2 heterocycles. The molecule has 0 aromatic carbocycles. The summed E-state index contributed by atoms with van der Waals surface area (Å²) < 4.78 is 11.1. The van der Waals surface area contributed by atoms with Crippen LogP contribution in [0.2, 0.25) is 0 Å². The molecule has 2 fully saturated rings. The van der Waals surface area contributed by atoms with Crippen molar-refractivity contribution in [2.24, 2.45) is 11.8 Å². The highest BCUT2D eigenvalue weighted by Crippen LogP contribution is 2.44. The zero-order valence-corrected chi connectivity index (χ0v) is 12.3. The molecule has 0 aliphatic carbocycles. The maximum absolute atomic E-state index is 11.0. The summed E-state index contributed by atoms with van der Waals surface area (Å²) >= 11 is 0. The summed E-state index contributed by atoms with van der Waals surface area (Å²) in [6, 6.07) is 0. The number of carboxylic acids is 1. The van der Waals surface area contributed by atoms with Crippen LogP contribution < -0.4 is 0 Å². The van der Waals surface area contributed by atoms with E-state index in [2.05, 4.69) is 11.8 Å². The van der Waals surface area contributed by atoms with E-state index < -0.39 is 5.97 Å². The van der Waals surface area contributed by atoms with Gasteiger partial charge in [0.2, 0.25) is 0 Å². The van der Waals surface area contributed by atoms with Gasteiger partial charge in [-0.25, -0.2) is 0 Å².